The van der Waals surface area contributed by atoms with Crippen LogP contribution >= 0.6 is 0 Å². The molecule has 230 valence electrons. The van der Waals surface area contributed by atoms with Gasteiger partial charge in [-0.2, -0.15) is 6.08 Å². The molecule has 0 aromatic rings. The van der Waals surface area contributed by atoms with Gasteiger partial charge in [0.2, 0.25) is 0 Å². The summed E-state index contributed by atoms with van der Waals surface area (Å²) in [6.45, 7) is 16.0. The van der Waals surface area contributed by atoms with Crippen molar-refractivity contribution in [2.24, 2.45) is 17.3 Å². The number of hydrogen-bond donors (Lipinski definition) is 0. The van der Waals surface area contributed by atoms with Crippen LogP contribution in [0.5, 0.6) is 0 Å². The second kappa shape index (κ2) is 31.6. The Kier molecular flexibility index (Phi) is 36.2. The molecular weight excluding hydrogens is 639 g/mol. The molecule has 0 aromatic carbocycles. The third-order valence-electron chi connectivity index (χ3n) is 6.70. The Bertz CT molecular complexity index is 943. The van der Waals surface area contributed by atoms with Crippen molar-refractivity contribution in [1.29, 1.82) is 0 Å². The Labute approximate surface area is 319 Å². The summed E-state index contributed by atoms with van der Waals surface area (Å²) in [4.78, 5) is 0. The van der Waals surface area contributed by atoms with E-state index in [0.717, 1.165) is 44.9 Å². The van der Waals surface area contributed by atoms with E-state index in [-0.39, 0.29) is 94.0 Å². The van der Waals surface area contributed by atoms with E-state index in [1.807, 2.05) is 18.2 Å². The molecular formula is C39H58CsF2-. The predicted octanol–water partition coefficient (Wildman–Crippen LogP) is 9.26. The molecule has 0 aliphatic heterocycles. The minimum atomic E-state index is -1.02. The molecule has 0 fully saturated rings. The van der Waals surface area contributed by atoms with E-state index in [9.17, 15) is 8.78 Å². The topological polar surface area (TPSA) is 0 Å². The molecule has 0 heterocycles. The molecule has 0 nitrogen and oxygen atoms in total. The van der Waals surface area contributed by atoms with Gasteiger partial charge in [-0.25, -0.2) is 20.9 Å². The van der Waals surface area contributed by atoms with E-state index >= 15 is 0 Å². The van der Waals surface area contributed by atoms with Crippen molar-refractivity contribution in [3.63, 3.8) is 0 Å². The molecule has 42 heavy (non-hydrogen) atoms. The van der Waals surface area contributed by atoms with Crippen molar-refractivity contribution >= 4 is 0 Å². The Morgan fingerprint density at radius 1 is 1.07 bits per heavy atom. The zero-order valence-corrected chi connectivity index (χ0v) is 34.9. The van der Waals surface area contributed by atoms with Gasteiger partial charge in [-0.15, -0.1) is 24.7 Å². The quantitative estimate of drug-likeness (QED) is 0.0910. The summed E-state index contributed by atoms with van der Waals surface area (Å²) in [6, 6.07) is 0. The van der Waals surface area contributed by atoms with Crippen LogP contribution in [0.1, 0.15) is 107 Å². The fourth-order valence-electron chi connectivity index (χ4n) is 4.25. The molecule has 0 saturated heterocycles. The van der Waals surface area contributed by atoms with Crippen LogP contribution in [0.2, 0.25) is 0 Å². The van der Waals surface area contributed by atoms with Gasteiger partial charge in [-0.05, 0) is 87.9 Å². The molecule has 0 bridgehead atoms. The van der Waals surface area contributed by atoms with E-state index in [0.29, 0.717) is 11.8 Å². The van der Waals surface area contributed by atoms with Gasteiger partial charge in [0, 0.05) is 0 Å². The molecule has 1 aliphatic rings. The summed E-state index contributed by atoms with van der Waals surface area (Å²) < 4.78 is 27.3. The van der Waals surface area contributed by atoms with Crippen LogP contribution in [-0.4, -0.2) is 6.17 Å². The second-order valence-corrected chi connectivity index (χ2v) is 10.8. The molecule has 3 atom stereocenters. The Balaban J connectivity index is -0.000000827. The average Bonchev–Trinajstić information content (AvgIpc) is 3.15. The monoisotopic (exact) mass is 697 g/mol. The smallest absolute Gasteiger partial charge is 0.358 e. The van der Waals surface area contributed by atoms with Crippen LogP contribution in [0.4, 0.5) is 8.78 Å². The number of terminal acetylenes is 2. The largest absolute Gasteiger partial charge is 1.00 e. The first-order chi connectivity index (χ1) is 19.0. The van der Waals surface area contributed by atoms with Crippen molar-refractivity contribution in [1.82, 2.24) is 0 Å². The van der Waals surface area contributed by atoms with Crippen molar-refractivity contribution < 1.29 is 77.7 Å². The van der Waals surface area contributed by atoms with Gasteiger partial charge >= 0.3 is 68.9 Å². The zero-order valence-electron chi connectivity index (χ0n) is 28.6. The van der Waals surface area contributed by atoms with Gasteiger partial charge in [0.15, 0.2) is 0 Å². The van der Waals surface area contributed by atoms with Gasteiger partial charge in [0.1, 0.15) is 12.0 Å². The summed E-state index contributed by atoms with van der Waals surface area (Å²) in [5.41, 5.74) is 3.00. The van der Waals surface area contributed by atoms with E-state index < -0.39 is 6.17 Å². The summed E-state index contributed by atoms with van der Waals surface area (Å²) in [7, 11) is 0. The minimum absolute atomic E-state index is 0. The van der Waals surface area contributed by atoms with E-state index in [1.165, 1.54) is 30.2 Å². The van der Waals surface area contributed by atoms with E-state index in [2.05, 4.69) is 95.8 Å². The van der Waals surface area contributed by atoms with Crippen LogP contribution in [0.15, 0.2) is 77.7 Å². The van der Waals surface area contributed by atoms with Gasteiger partial charge in [-0.1, -0.05) is 89.8 Å². The fraction of sp³-hybridized carbons (Fsp3) is 0.513. The molecule has 1 rings (SSSR count). The number of allylic oxidation sites excluding steroid dienone is 14. The third kappa shape index (κ3) is 26.8. The number of hydrogen-bond acceptors (Lipinski definition) is 0. The van der Waals surface area contributed by atoms with Gasteiger partial charge in [0.25, 0.3) is 0 Å². The standard InChI is InChI=1S/C32H47F2.2C3H4.CH3.Cs/c1-7-10-11-12-13-20-31(28-17-14-16-27(8-2)22-23-28)29(25-32(5,6)9-3)18-15-19-30(34)24-21-26(4)33;2*1-3-2;;/h10,12-16,19,22-24,26,29,31H,7-9,17-18,20-21,25H2,1-6H3;2*1H,2H3;1H3;/q-1;;;-1;+1/b13-12-,19-15-,30-24+;;;;/t26?,29-,31-;;;;/m1..../s1. The number of alkyl halides is 1. The normalized spacial score (nSPS) is 15.3. The second-order valence-electron chi connectivity index (χ2n) is 10.8. The maximum absolute atomic E-state index is 14.2. The Morgan fingerprint density at radius 2 is 1.69 bits per heavy atom. The Hall–Kier alpha value is -0.788. The molecule has 0 amide bonds. The van der Waals surface area contributed by atoms with E-state index in [1.54, 1.807) is 13.8 Å². The molecule has 1 aliphatic carbocycles. The molecule has 0 N–H and O–H groups in total. The maximum atomic E-state index is 14.2. The summed E-state index contributed by atoms with van der Waals surface area (Å²) >= 11 is 0. The van der Waals surface area contributed by atoms with Crippen molar-refractivity contribution in [2.45, 2.75) is 113 Å². The minimum Gasteiger partial charge on any atom is -0.358 e. The summed E-state index contributed by atoms with van der Waals surface area (Å²) in [6.07, 6.45) is 38.6. The van der Waals surface area contributed by atoms with Crippen LogP contribution in [-0.2, 0) is 0 Å². The average molecular weight is 698 g/mol. The molecule has 0 aromatic heterocycles. The van der Waals surface area contributed by atoms with Crippen molar-refractivity contribution in [2.75, 3.05) is 0 Å². The van der Waals surface area contributed by atoms with Crippen LogP contribution in [0.25, 0.3) is 0 Å². The molecule has 1 unspecified atom stereocenters. The van der Waals surface area contributed by atoms with Gasteiger partial charge in [-0.3, -0.25) is 6.08 Å². The first-order valence-electron chi connectivity index (χ1n) is 14.7. The molecule has 0 radical (unpaired) electrons. The van der Waals surface area contributed by atoms with E-state index in [4.69, 9.17) is 0 Å². The third-order valence-corrected chi connectivity index (χ3v) is 6.70. The first kappa shape index (κ1) is 48.1. The van der Waals surface area contributed by atoms with Gasteiger partial charge in [0.05, 0.1) is 0 Å². The van der Waals surface area contributed by atoms with Crippen molar-refractivity contribution in [3.8, 4) is 24.7 Å². The maximum Gasteiger partial charge on any atom is 1.00 e. The number of halogens is 2. The Morgan fingerprint density at radius 3 is 2.21 bits per heavy atom. The SMILES string of the molecule is C#CC.C#CC.CCC=[C-]/C=C\C[C@H](C1=CC=C(CC)C=CC1)[C@H](C/C=C\C(F)=C/CC(C)F)CC(C)(C)CC.[CH3-].[Cs+]. The molecule has 3 heteroatoms. The molecule has 0 spiro atoms. The molecule has 0 saturated carbocycles. The van der Waals surface area contributed by atoms with Crippen LogP contribution in [0.3, 0.4) is 0 Å². The summed E-state index contributed by atoms with van der Waals surface area (Å²) in [5, 5.41) is 0. The first-order valence-corrected chi connectivity index (χ1v) is 14.7. The summed E-state index contributed by atoms with van der Waals surface area (Å²) in [5.74, 6) is 4.90. The fourth-order valence-corrected chi connectivity index (χ4v) is 4.25. The predicted molar refractivity (Wildman–Crippen MR) is 181 cm³/mol. The van der Waals surface area contributed by atoms with Gasteiger partial charge < -0.3 is 7.43 Å². The zero-order chi connectivity index (χ0) is 30.8. The van der Waals surface area contributed by atoms with Crippen LogP contribution in [0, 0.1) is 55.4 Å². The van der Waals surface area contributed by atoms with Crippen LogP contribution < -0.4 is 68.9 Å². The van der Waals surface area contributed by atoms with Crippen molar-refractivity contribution in [3.05, 3.63) is 91.2 Å². The number of rotatable bonds is 15.